The summed E-state index contributed by atoms with van der Waals surface area (Å²) in [6.45, 7) is 2.30. The van der Waals surface area contributed by atoms with E-state index in [9.17, 15) is 4.39 Å². The fourth-order valence-corrected chi connectivity index (χ4v) is 5.68. The van der Waals surface area contributed by atoms with Crippen LogP contribution >= 0.6 is 0 Å². The number of hydrogen-bond donors (Lipinski definition) is 0. The second-order valence-corrected chi connectivity index (χ2v) is 9.86. The van der Waals surface area contributed by atoms with Crippen LogP contribution < -0.4 is 0 Å². The van der Waals surface area contributed by atoms with Crippen LogP contribution in [-0.4, -0.2) is 0 Å². The molecule has 2 aliphatic rings. The van der Waals surface area contributed by atoms with Crippen LogP contribution in [0.4, 0.5) is 4.39 Å². The predicted molar refractivity (Wildman–Crippen MR) is 124 cm³/mol. The van der Waals surface area contributed by atoms with Crippen LogP contribution in [0.1, 0.15) is 109 Å². The highest BCUT2D eigenvalue weighted by atomic mass is 19.1. The van der Waals surface area contributed by atoms with E-state index in [2.05, 4.69) is 13.0 Å². The average molecular weight is 399 g/mol. The fourth-order valence-electron chi connectivity index (χ4n) is 5.68. The van der Waals surface area contributed by atoms with Crippen molar-refractivity contribution in [2.45, 2.75) is 110 Å². The van der Waals surface area contributed by atoms with Gasteiger partial charge in [0.15, 0.2) is 0 Å². The van der Waals surface area contributed by atoms with E-state index in [0.717, 1.165) is 30.6 Å². The second-order valence-electron chi connectivity index (χ2n) is 9.86. The molecule has 3 rings (SSSR count). The highest BCUT2D eigenvalue weighted by Gasteiger charge is 2.28. The van der Waals surface area contributed by atoms with E-state index < -0.39 is 0 Å². The van der Waals surface area contributed by atoms with Crippen molar-refractivity contribution >= 4 is 0 Å². The molecule has 1 aromatic rings. The summed E-state index contributed by atoms with van der Waals surface area (Å²) in [5, 5.41) is 0. The zero-order valence-corrected chi connectivity index (χ0v) is 18.8. The molecule has 29 heavy (non-hydrogen) atoms. The Morgan fingerprint density at radius 3 is 2.21 bits per heavy atom. The van der Waals surface area contributed by atoms with Crippen LogP contribution in [0.3, 0.4) is 0 Å². The number of hydrogen-bond acceptors (Lipinski definition) is 0. The van der Waals surface area contributed by atoms with E-state index in [0.29, 0.717) is 0 Å². The van der Waals surface area contributed by atoms with E-state index in [1.54, 1.807) is 17.7 Å². The van der Waals surface area contributed by atoms with Crippen molar-refractivity contribution in [3.63, 3.8) is 0 Å². The zero-order chi connectivity index (χ0) is 20.3. The molecule has 1 aromatic carbocycles. The first-order chi connectivity index (χ1) is 14.2. The molecule has 2 aliphatic carbocycles. The average Bonchev–Trinajstić information content (AvgIpc) is 2.77. The van der Waals surface area contributed by atoms with Gasteiger partial charge in [-0.2, -0.15) is 0 Å². The molecule has 0 nitrogen and oxygen atoms in total. The first kappa shape index (κ1) is 22.6. The minimum absolute atomic E-state index is 0.129. The maximum atomic E-state index is 13.0. The quantitative estimate of drug-likeness (QED) is 0.257. The largest absolute Gasteiger partial charge is 0.207 e. The molecule has 0 bridgehead atoms. The Labute approximate surface area is 179 Å². The van der Waals surface area contributed by atoms with Gasteiger partial charge in [0.2, 0.25) is 0 Å². The van der Waals surface area contributed by atoms with Gasteiger partial charge in [-0.15, -0.1) is 0 Å². The smallest absolute Gasteiger partial charge is 0.123 e. The molecule has 0 spiro atoms. The number of rotatable bonds is 11. The van der Waals surface area contributed by atoms with E-state index in [1.165, 1.54) is 95.5 Å². The molecule has 1 saturated carbocycles. The van der Waals surface area contributed by atoms with Gasteiger partial charge in [-0.05, 0) is 80.4 Å². The van der Waals surface area contributed by atoms with Gasteiger partial charge in [-0.1, -0.05) is 88.5 Å². The Kier molecular flexibility index (Phi) is 9.77. The molecule has 0 N–H and O–H groups in total. The summed E-state index contributed by atoms with van der Waals surface area (Å²) >= 11 is 0. The molecular weight excluding hydrogens is 355 g/mol. The third-order valence-corrected chi connectivity index (χ3v) is 7.72. The molecular formula is C28H43F. The van der Waals surface area contributed by atoms with Gasteiger partial charge in [0, 0.05) is 0 Å². The topological polar surface area (TPSA) is 0 Å². The maximum Gasteiger partial charge on any atom is 0.123 e. The van der Waals surface area contributed by atoms with Gasteiger partial charge in [0.1, 0.15) is 5.82 Å². The van der Waals surface area contributed by atoms with Crippen LogP contribution in [0.15, 0.2) is 35.9 Å². The summed E-state index contributed by atoms with van der Waals surface area (Å²) < 4.78 is 13.0. The summed E-state index contributed by atoms with van der Waals surface area (Å²) in [5.74, 6) is 2.84. The highest BCUT2D eigenvalue weighted by Crippen LogP contribution is 2.41. The normalized spacial score (nSPS) is 25.0. The highest BCUT2D eigenvalue weighted by molar-refractivity contribution is 5.18. The molecule has 1 heteroatoms. The van der Waals surface area contributed by atoms with Crippen molar-refractivity contribution in [2.75, 3.05) is 0 Å². The molecule has 0 aromatic heterocycles. The number of aryl methyl sites for hydroxylation is 1. The standard InChI is InChI=1S/C28H43F/c1-2-3-4-5-6-7-8-23-11-17-26(18-12-23)27-19-13-24(14-20-27)9-10-25-15-21-28(29)22-16-25/h13,15-16,21-23,26-27H,2-12,14,17-20H2,1H3. The van der Waals surface area contributed by atoms with E-state index >= 15 is 0 Å². The van der Waals surface area contributed by atoms with Gasteiger partial charge >= 0.3 is 0 Å². The van der Waals surface area contributed by atoms with Crippen molar-refractivity contribution in [2.24, 2.45) is 17.8 Å². The Hall–Kier alpha value is -1.11. The Bertz CT molecular complexity index is 591. The summed E-state index contributed by atoms with van der Waals surface area (Å²) in [6, 6.07) is 7.04. The molecule has 1 unspecified atom stereocenters. The van der Waals surface area contributed by atoms with Crippen molar-refractivity contribution in [1.82, 2.24) is 0 Å². The monoisotopic (exact) mass is 398 g/mol. The van der Waals surface area contributed by atoms with Crippen LogP contribution in [0, 0.1) is 23.6 Å². The maximum absolute atomic E-state index is 13.0. The lowest BCUT2D eigenvalue weighted by molar-refractivity contribution is 0.185. The Morgan fingerprint density at radius 2 is 1.52 bits per heavy atom. The lowest BCUT2D eigenvalue weighted by Crippen LogP contribution is -2.23. The van der Waals surface area contributed by atoms with Crippen LogP contribution in [0.5, 0.6) is 0 Å². The Balaban J connectivity index is 1.29. The minimum atomic E-state index is -0.129. The lowest BCUT2D eigenvalue weighted by atomic mass is 9.70. The van der Waals surface area contributed by atoms with E-state index in [1.807, 2.05) is 12.1 Å². The van der Waals surface area contributed by atoms with Crippen LogP contribution in [0.2, 0.25) is 0 Å². The first-order valence-corrected chi connectivity index (χ1v) is 12.7. The predicted octanol–water partition coefficient (Wildman–Crippen LogP) is 9.04. The van der Waals surface area contributed by atoms with E-state index in [-0.39, 0.29) is 5.82 Å². The van der Waals surface area contributed by atoms with Gasteiger partial charge in [-0.25, -0.2) is 4.39 Å². The first-order valence-electron chi connectivity index (χ1n) is 12.7. The minimum Gasteiger partial charge on any atom is -0.207 e. The number of benzene rings is 1. The van der Waals surface area contributed by atoms with Gasteiger partial charge < -0.3 is 0 Å². The summed E-state index contributed by atoms with van der Waals surface area (Å²) in [5.41, 5.74) is 2.90. The zero-order valence-electron chi connectivity index (χ0n) is 18.8. The van der Waals surface area contributed by atoms with Crippen molar-refractivity contribution in [3.05, 3.63) is 47.3 Å². The van der Waals surface area contributed by atoms with Crippen molar-refractivity contribution in [1.29, 1.82) is 0 Å². The number of allylic oxidation sites excluding steroid dienone is 2. The summed E-state index contributed by atoms with van der Waals surface area (Å²) in [4.78, 5) is 0. The van der Waals surface area contributed by atoms with Crippen molar-refractivity contribution < 1.29 is 4.39 Å². The second kappa shape index (κ2) is 12.6. The van der Waals surface area contributed by atoms with Crippen LogP contribution in [0.25, 0.3) is 0 Å². The Morgan fingerprint density at radius 1 is 0.793 bits per heavy atom. The number of unbranched alkanes of at least 4 members (excludes halogenated alkanes) is 5. The van der Waals surface area contributed by atoms with Crippen molar-refractivity contribution in [3.8, 4) is 0 Å². The fraction of sp³-hybridized carbons (Fsp3) is 0.714. The molecule has 0 aliphatic heterocycles. The van der Waals surface area contributed by atoms with E-state index in [4.69, 9.17) is 0 Å². The molecule has 1 atom stereocenters. The van der Waals surface area contributed by atoms with Gasteiger partial charge in [-0.3, -0.25) is 0 Å². The third kappa shape index (κ3) is 7.91. The lowest BCUT2D eigenvalue weighted by Gasteiger charge is -2.35. The third-order valence-electron chi connectivity index (χ3n) is 7.72. The SMILES string of the molecule is CCCCCCCCC1CCC(C2CC=C(CCc3ccc(F)cc3)CC2)CC1. The number of halogens is 1. The van der Waals surface area contributed by atoms with Gasteiger partial charge in [0.05, 0.1) is 0 Å². The molecule has 162 valence electrons. The molecule has 0 radical (unpaired) electrons. The molecule has 1 fully saturated rings. The summed E-state index contributed by atoms with van der Waals surface area (Å²) in [7, 11) is 0. The van der Waals surface area contributed by atoms with Crippen LogP contribution in [-0.2, 0) is 6.42 Å². The van der Waals surface area contributed by atoms with Gasteiger partial charge in [0.25, 0.3) is 0 Å². The molecule has 0 amide bonds. The summed E-state index contributed by atoms with van der Waals surface area (Å²) in [6.07, 6.45) is 24.9. The molecule has 0 heterocycles. The molecule has 0 saturated heterocycles.